The van der Waals surface area contributed by atoms with Gasteiger partial charge in [-0.15, -0.1) is 0 Å². The van der Waals surface area contributed by atoms with Crippen LogP contribution < -0.4 is 21.7 Å². The van der Waals surface area contributed by atoms with E-state index < -0.39 is 58.9 Å². The van der Waals surface area contributed by atoms with Gasteiger partial charge < -0.3 is 0 Å². The van der Waals surface area contributed by atoms with Crippen molar-refractivity contribution in [2.45, 2.75) is 41.5 Å². The van der Waals surface area contributed by atoms with Gasteiger partial charge >= 0.3 is 304 Å². The molecule has 0 unspecified atom stereocenters. The van der Waals surface area contributed by atoms with Crippen molar-refractivity contribution in [3.05, 3.63) is 179 Å². The Morgan fingerprint density at radius 3 is 0.702 bits per heavy atom. The Balaban J connectivity index is 1.62. The second-order valence-corrected chi connectivity index (χ2v) is 32.1. The summed E-state index contributed by atoms with van der Waals surface area (Å²) in [5.41, 5.74) is 7.48. The quantitative estimate of drug-likeness (QED) is 0.164. The predicted octanol–water partition coefficient (Wildman–Crippen LogP) is 5.74. The van der Waals surface area contributed by atoms with E-state index in [-0.39, 0.29) is 0 Å². The first-order valence-electron chi connectivity index (χ1n) is 15.8. The van der Waals surface area contributed by atoms with Gasteiger partial charge in [0.1, 0.15) is 0 Å². The van der Waals surface area contributed by atoms with Crippen LogP contribution in [0.5, 0.6) is 0 Å². The van der Waals surface area contributed by atoms with Gasteiger partial charge in [-0.3, -0.25) is 0 Å². The summed E-state index contributed by atoms with van der Waals surface area (Å²) in [5.74, 6) is 0. The molecule has 5 heteroatoms. The van der Waals surface area contributed by atoms with Crippen molar-refractivity contribution in [1.82, 2.24) is 0 Å². The number of benzene rings is 6. The topological polar surface area (TPSA) is 18.5 Å². The molecule has 0 saturated carbocycles. The maximum absolute atomic E-state index is 8.04. The molecule has 0 atom stereocenters. The standard InChI is InChI=1S/C42H42O2Te3/c1-31-7-19-37(20-8-31)45(38-21-9-32(2)10-22-38)43-47(41-27-15-35(5)16-28-41,42-29-17-36(6)18-30-42)44-46(39-23-11-33(3)12-24-39)40-25-13-34(4)14-26-40/h7-30H,1-6H3/q+2. The van der Waals surface area contributed by atoms with E-state index in [1.165, 1.54) is 55.0 Å². The normalized spacial score (nSPS) is 12.1. The van der Waals surface area contributed by atoms with Gasteiger partial charge in [-0.25, -0.2) is 0 Å². The number of hydrogen-bond acceptors (Lipinski definition) is 2. The van der Waals surface area contributed by atoms with E-state index in [0.29, 0.717) is 0 Å². The summed E-state index contributed by atoms with van der Waals surface area (Å²) in [5, 5.41) is 0. The van der Waals surface area contributed by atoms with E-state index in [4.69, 9.17) is 2.93 Å². The van der Waals surface area contributed by atoms with E-state index >= 15 is 0 Å². The molecule has 0 aromatic heterocycles. The van der Waals surface area contributed by atoms with Crippen LogP contribution in [0.15, 0.2) is 146 Å². The fraction of sp³-hybridized carbons (Fsp3) is 0.143. The van der Waals surface area contributed by atoms with Crippen LogP contribution >= 0.6 is 0 Å². The zero-order valence-electron chi connectivity index (χ0n) is 27.9. The summed E-state index contributed by atoms with van der Waals surface area (Å²) in [6.45, 7) is 12.9. The molecular weight excluding hydrogens is 919 g/mol. The van der Waals surface area contributed by atoms with Crippen molar-refractivity contribution in [2.75, 3.05) is 0 Å². The maximum atomic E-state index is 8.04. The first-order chi connectivity index (χ1) is 22.7. The van der Waals surface area contributed by atoms with Crippen LogP contribution in [0.4, 0.5) is 0 Å². The summed E-state index contributed by atoms with van der Waals surface area (Å²) in [6, 6.07) is 54.2. The summed E-state index contributed by atoms with van der Waals surface area (Å²) >= 11 is -9.56. The van der Waals surface area contributed by atoms with Crippen molar-refractivity contribution in [3.8, 4) is 0 Å². The average molecular weight is 962 g/mol. The predicted molar refractivity (Wildman–Crippen MR) is 204 cm³/mol. The van der Waals surface area contributed by atoms with Gasteiger partial charge in [0.15, 0.2) is 0 Å². The molecule has 0 amide bonds. The Hall–Kier alpha value is -2.39. The first-order valence-corrected chi connectivity index (χ1v) is 26.6. The van der Waals surface area contributed by atoms with Crippen LogP contribution in [0.25, 0.3) is 0 Å². The molecule has 0 bridgehead atoms. The SMILES string of the molecule is Cc1ccc([Te+](O[Te](O[Te+](c2ccc(C)cc2)c2ccc(C)cc2)(c2ccc(C)cc2)c2ccc(C)cc2)c2ccc(C)cc2)cc1. The molecule has 0 radical (unpaired) electrons. The van der Waals surface area contributed by atoms with Crippen molar-refractivity contribution < 1.29 is 2.93 Å². The molecular formula is C42H42O2Te3+2. The van der Waals surface area contributed by atoms with Crippen LogP contribution in [0.3, 0.4) is 0 Å². The number of hydrogen-bond donors (Lipinski definition) is 0. The van der Waals surface area contributed by atoms with E-state index in [9.17, 15) is 0 Å². The Morgan fingerprint density at radius 2 is 0.489 bits per heavy atom. The van der Waals surface area contributed by atoms with Crippen molar-refractivity contribution >= 4 is 80.6 Å². The molecule has 0 saturated heterocycles. The molecule has 0 aliphatic rings. The fourth-order valence-electron chi connectivity index (χ4n) is 5.01. The molecule has 0 spiro atoms. The summed E-state index contributed by atoms with van der Waals surface area (Å²) in [4.78, 5) is 0. The Morgan fingerprint density at radius 1 is 0.298 bits per heavy atom. The van der Waals surface area contributed by atoms with Crippen molar-refractivity contribution in [3.63, 3.8) is 0 Å². The van der Waals surface area contributed by atoms with E-state index in [2.05, 4.69) is 187 Å². The Bertz CT molecular complexity index is 1660. The second kappa shape index (κ2) is 15.4. The minimum atomic E-state index is -4.17. The first kappa shape index (κ1) is 34.5. The van der Waals surface area contributed by atoms with Crippen LogP contribution in [0.1, 0.15) is 33.4 Å². The van der Waals surface area contributed by atoms with E-state index in [1.807, 2.05) is 0 Å². The van der Waals surface area contributed by atoms with Crippen LogP contribution in [0, 0.1) is 41.5 Å². The molecule has 2 nitrogen and oxygen atoms in total. The minimum absolute atomic E-state index is 1.21. The molecule has 0 N–H and O–H groups in total. The molecule has 0 fully saturated rings. The third-order valence-electron chi connectivity index (χ3n) is 7.93. The van der Waals surface area contributed by atoms with Crippen LogP contribution in [0.2, 0.25) is 0 Å². The average Bonchev–Trinajstić information content (AvgIpc) is 3.08. The summed E-state index contributed by atoms with van der Waals surface area (Å²) in [6.07, 6.45) is 0. The zero-order valence-corrected chi connectivity index (χ0v) is 34.9. The monoisotopic (exact) mass is 968 g/mol. The van der Waals surface area contributed by atoms with E-state index in [0.717, 1.165) is 0 Å². The van der Waals surface area contributed by atoms with Crippen molar-refractivity contribution in [2.24, 2.45) is 0 Å². The Kier molecular flexibility index (Phi) is 11.3. The summed E-state index contributed by atoms with van der Waals surface area (Å²) < 4.78 is 23.7. The van der Waals surface area contributed by atoms with Crippen LogP contribution in [-0.4, -0.2) is 58.9 Å². The van der Waals surface area contributed by atoms with Gasteiger partial charge in [-0.05, 0) is 0 Å². The molecule has 0 heterocycles. The second-order valence-electron chi connectivity index (χ2n) is 12.1. The molecule has 6 rings (SSSR count). The zero-order chi connectivity index (χ0) is 33.0. The fourth-order valence-corrected chi connectivity index (χ4v) is 40.2. The molecule has 0 aliphatic heterocycles. The summed E-state index contributed by atoms with van der Waals surface area (Å²) in [7, 11) is 0. The third kappa shape index (κ3) is 8.26. The molecule has 47 heavy (non-hydrogen) atoms. The third-order valence-corrected chi connectivity index (χ3v) is 35.4. The molecule has 0 aliphatic carbocycles. The molecule has 238 valence electrons. The molecule has 6 aromatic carbocycles. The van der Waals surface area contributed by atoms with Gasteiger partial charge in [0, 0.05) is 0 Å². The van der Waals surface area contributed by atoms with Gasteiger partial charge in [0.2, 0.25) is 0 Å². The van der Waals surface area contributed by atoms with Crippen molar-refractivity contribution in [1.29, 1.82) is 0 Å². The van der Waals surface area contributed by atoms with Gasteiger partial charge in [-0.1, -0.05) is 0 Å². The number of rotatable bonds is 10. The number of aryl methyl sites for hydroxylation is 6. The van der Waals surface area contributed by atoms with Crippen LogP contribution in [-0.2, 0) is 2.93 Å². The van der Waals surface area contributed by atoms with Gasteiger partial charge in [-0.2, -0.15) is 0 Å². The molecule has 6 aromatic rings. The van der Waals surface area contributed by atoms with Gasteiger partial charge in [0.05, 0.1) is 0 Å². The van der Waals surface area contributed by atoms with E-state index in [1.54, 1.807) is 0 Å². The Labute approximate surface area is 301 Å². The van der Waals surface area contributed by atoms with Gasteiger partial charge in [0.25, 0.3) is 0 Å².